The molecule has 0 aromatic heterocycles. The van der Waals surface area contributed by atoms with Crippen LogP contribution in [-0.2, 0) is 4.74 Å². The van der Waals surface area contributed by atoms with Gasteiger partial charge in [0.15, 0.2) is 0 Å². The maximum absolute atomic E-state index is 6.30. The van der Waals surface area contributed by atoms with Crippen LogP contribution in [0.25, 0.3) is 0 Å². The van der Waals surface area contributed by atoms with Gasteiger partial charge in [-0.15, -0.1) is 0 Å². The van der Waals surface area contributed by atoms with Crippen LogP contribution in [0, 0.1) is 11.3 Å². The second-order valence-corrected chi connectivity index (χ2v) is 6.62. The molecule has 0 aromatic carbocycles. The van der Waals surface area contributed by atoms with Gasteiger partial charge in [0.25, 0.3) is 0 Å². The largest absolute Gasteiger partial charge is 0.375 e. The third-order valence-electron chi connectivity index (χ3n) is 4.02. The number of nitrogens with one attached hydrogen (secondary N) is 1. The van der Waals surface area contributed by atoms with E-state index in [2.05, 4.69) is 26.1 Å². The lowest BCUT2D eigenvalue weighted by Gasteiger charge is -2.40. The summed E-state index contributed by atoms with van der Waals surface area (Å²) in [4.78, 5) is 0. The maximum Gasteiger partial charge on any atom is 0.0603 e. The number of rotatable bonds is 2. The fourth-order valence-corrected chi connectivity index (χ4v) is 3.57. The summed E-state index contributed by atoms with van der Waals surface area (Å²) in [5, 5.41) is 3.40. The molecule has 94 valence electrons. The van der Waals surface area contributed by atoms with Crippen molar-refractivity contribution in [3.63, 3.8) is 0 Å². The maximum atomic E-state index is 6.30. The van der Waals surface area contributed by atoms with Crippen LogP contribution in [0.15, 0.2) is 0 Å². The summed E-state index contributed by atoms with van der Waals surface area (Å²) < 4.78 is 6.30. The Bertz CT molecular complexity index is 221. The summed E-state index contributed by atoms with van der Waals surface area (Å²) >= 11 is 0. The summed E-state index contributed by atoms with van der Waals surface area (Å²) in [6.45, 7) is 9.43. The summed E-state index contributed by atoms with van der Waals surface area (Å²) in [6, 6.07) is 0. The van der Waals surface area contributed by atoms with Crippen molar-refractivity contribution in [3.05, 3.63) is 0 Å². The first kappa shape index (κ1) is 12.4. The van der Waals surface area contributed by atoms with Crippen molar-refractivity contribution < 1.29 is 4.74 Å². The topological polar surface area (TPSA) is 21.3 Å². The number of piperidine rings is 1. The molecule has 2 aliphatic rings. The molecule has 1 N–H and O–H groups in total. The normalized spacial score (nSPS) is 36.2. The van der Waals surface area contributed by atoms with Crippen LogP contribution in [0.1, 0.15) is 52.9 Å². The molecular weight excluding hydrogens is 198 g/mol. The third-order valence-corrected chi connectivity index (χ3v) is 4.02. The highest BCUT2D eigenvalue weighted by Gasteiger charge is 2.33. The Labute approximate surface area is 100 Å². The molecule has 1 aliphatic heterocycles. The van der Waals surface area contributed by atoms with E-state index in [0.29, 0.717) is 17.6 Å². The average molecular weight is 225 g/mol. The first-order valence-corrected chi connectivity index (χ1v) is 6.91. The van der Waals surface area contributed by atoms with Gasteiger partial charge in [-0.3, -0.25) is 0 Å². The standard InChI is InChI=1S/C14H27NO/c1-11-8-13(10-14(2,3)9-11)16-12-4-6-15-7-5-12/h11-13,15H,4-10H2,1-3H3. The second kappa shape index (κ2) is 5.05. The zero-order valence-electron chi connectivity index (χ0n) is 11.1. The van der Waals surface area contributed by atoms with Gasteiger partial charge in [-0.05, 0) is 56.5 Å². The van der Waals surface area contributed by atoms with E-state index in [-0.39, 0.29) is 0 Å². The molecule has 0 aromatic rings. The lowest BCUT2D eigenvalue weighted by molar-refractivity contribution is -0.0740. The first-order chi connectivity index (χ1) is 7.55. The smallest absolute Gasteiger partial charge is 0.0603 e. The van der Waals surface area contributed by atoms with Gasteiger partial charge >= 0.3 is 0 Å². The molecule has 2 atom stereocenters. The Morgan fingerprint density at radius 3 is 2.38 bits per heavy atom. The van der Waals surface area contributed by atoms with Crippen LogP contribution in [0.4, 0.5) is 0 Å². The van der Waals surface area contributed by atoms with Crippen LogP contribution >= 0.6 is 0 Å². The van der Waals surface area contributed by atoms with Crippen LogP contribution in [0.5, 0.6) is 0 Å². The fraction of sp³-hybridized carbons (Fsp3) is 1.00. The van der Waals surface area contributed by atoms with Gasteiger partial charge in [-0.2, -0.15) is 0 Å². The number of hydrogen-bond acceptors (Lipinski definition) is 2. The van der Waals surface area contributed by atoms with Crippen molar-refractivity contribution in [2.75, 3.05) is 13.1 Å². The predicted molar refractivity (Wildman–Crippen MR) is 67.6 cm³/mol. The Morgan fingerprint density at radius 2 is 1.75 bits per heavy atom. The molecule has 0 radical (unpaired) electrons. The highest BCUT2D eigenvalue weighted by atomic mass is 16.5. The van der Waals surface area contributed by atoms with E-state index in [4.69, 9.17) is 4.74 Å². The fourth-order valence-electron chi connectivity index (χ4n) is 3.57. The molecule has 2 nitrogen and oxygen atoms in total. The van der Waals surface area contributed by atoms with Gasteiger partial charge in [0, 0.05) is 0 Å². The Kier molecular flexibility index (Phi) is 3.91. The van der Waals surface area contributed by atoms with Crippen molar-refractivity contribution >= 4 is 0 Å². The molecule has 1 heterocycles. The van der Waals surface area contributed by atoms with E-state index in [1.165, 1.54) is 32.1 Å². The molecule has 1 saturated carbocycles. The molecule has 0 bridgehead atoms. The Morgan fingerprint density at radius 1 is 1.06 bits per heavy atom. The lowest BCUT2D eigenvalue weighted by Crippen LogP contribution is -2.39. The number of ether oxygens (including phenoxy) is 1. The predicted octanol–water partition coefficient (Wildman–Crippen LogP) is 2.97. The van der Waals surface area contributed by atoms with Crippen molar-refractivity contribution in [1.82, 2.24) is 5.32 Å². The quantitative estimate of drug-likeness (QED) is 0.780. The van der Waals surface area contributed by atoms with Crippen LogP contribution in [0.2, 0.25) is 0 Å². The van der Waals surface area contributed by atoms with Gasteiger partial charge in [0.2, 0.25) is 0 Å². The van der Waals surface area contributed by atoms with Crippen LogP contribution in [0.3, 0.4) is 0 Å². The van der Waals surface area contributed by atoms with E-state index in [9.17, 15) is 0 Å². The molecule has 1 saturated heterocycles. The van der Waals surface area contributed by atoms with E-state index in [1.54, 1.807) is 0 Å². The van der Waals surface area contributed by atoms with E-state index < -0.39 is 0 Å². The third kappa shape index (κ3) is 3.46. The van der Waals surface area contributed by atoms with E-state index >= 15 is 0 Å². The van der Waals surface area contributed by atoms with Crippen molar-refractivity contribution in [2.45, 2.75) is 65.1 Å². The Hall–Kier alpha value is -0.0800. The molecule has 2 rings (SSSR count). The van der Waals surface area contributed by atoms with Crippen molar-refractivity contribution in [3.8, 4) is 0 Å². The summed E-state index contributed by atoms with van der Waals surface area (Å²) in [7, 11) is 0. The van der Waals surface area contributed by atoms with Gasteiger partial charge in [0.1, 0.15) is 0 Å². The zero-order valence-corrected chi connectivity index (χ0v) is 11.1. The van der Waals surface area contributed by atoms with Gasteiger partial charge < -0.3 is 10.1 Å². The Balaban J connectivity index is 1.84. The monoisotopic (exact) mass is 225 g/mol. The molecule has 2 unspecified atom stereocenters. The molecule has 16 heavy (non-hydrogen) atoms. The molecule has 0 amide bonds. The minimum Gasteiger partial charge on any atom is -0.375 e. The first-order valence-electron chi connectivity index (χ1n) is 6.91. The molecule has 0 spiro atoms. The van der Waals surface area contributed by atoms with E-state index in [1.807, 2.05) is 0 Å². The van der Waals surface area contributed by atoms with Crippen molar-refractivity contribution in [1.29, 1.82) is 0 Å². The SMILES string of the molecule is CC1CC(OC2CCNCC2)CC(C)(C)C1. The average Bonchev–Trinajstić information content (AvgIpc) is 2.15. The summed E-state index contributed by atoms with van der Waals surface area (Å²) in [5.41, 5.74) is 0.481. The lowest BCUT2D eigenvalue weighted by atomic mass is 9.71. The van der Waals surface area contributed by atoms with Gasteiger partial charge in [-0.25, -0.2) is 0 Å². The summed E-state index contributed by atoms with van der Waals surface area (Å²) in [5.74, 6) is 0.829. The minimum absolute atomic E-state index is 0.481. The van der Waals surface area contributed by atoms with Gasteiger partial charge in [0.05, 0.1) is 12.2 Å². The number of hydrogen-bond donors (Lipinski definition) is 1. The molecule has 2 heteroatoms. The highest BCUT2D eigenvalue weighted by Crippen LogP contribution is 2.40. The minimum atomic E-state index is 0.481. The zero-order chi connectivity index (χ0) is 11.6. The highest BCUT2D eigenvalue weighted by molar-refractivity contribution is 4.84. The molecule has 2 fully saturated rings. The van der Waals surface area contributed by atoms with Crippen molar-refractivity contribution in [2.24, 2.45) is 11.3 Å². The molecule has 1 aliphatic carbocycles. The van der Waals surface area contributed by atoms with Gasteiger partial charge in [-0.1, -0.05) is 20.8 Å². The molecular formula is C14H27NO. The van der Waals surface area contributed by atoms with E-state index in [0.717, 1.165) is 19.0 Å². The second-order valence-electron chi connectivity index (χ2n) is 6.62. The van der Waals surface area contributed by atoms with Crippen LogP contribution < -0.4 is 5.32 Å². The summed E-state index contributed by atoms with van der Waals surface area (Å²) in [6.07, 6.45) is 7.32. The van der Waals surface area contributed by atoms with Crippen LogP contribution in [-0.4, -0.2) is 25.3 Å².